The summed E-state index contributed by atoms with van der Waals surface area (Å²) in [4.78, 5) is 25.8. The lowest BCUT2D eigenvalue weighted by molar-refractivity contribution is 0.0928. The Morgan fingerprint density at radius 3 is 2.21 bits per heavy atom. The molecule has 0 spiro atoms. The molecule has 0 radical (unpaired) electrons. The van der Waals surface area contributed by atoms with Crippen LogP contribution in [0.5, 0.6) is 0 Å². The van der Waals surface area contributed by atoms with Gasteiger partial charge in [0.1, 0.15) is 11.4 Å². The van der Waals surface area contributed by atoms with Gasteiger partial charge in [-0.05, 0) is 37.1 Å². The van der Waals surface area contributed by atoms with Crippen molar-refractivity contribution in [2.24, 2.45) is 0 Å². The number of rotatable bonds is 5. The van der Waals surface area contributed by atoms with Crippen LogP contribution in [-0.2, 0) is 0 Å². The Bertz CT molecular complexity index is 977. The van der Waals surface area contributed by atoms with Gasteiger partial charge in [-0.15, -0.1) is 0 Å². The first kappa shape index (κ1) is 18.9. The Balaban J connectivity index is 1.65. The fourth-order valence-corrected chi connectivity index (χ4v) is 3.68. The van der Waals surface area contributed by atoms with Gasteiger partial charge in [-0.3, -0.25) is 9.59 Å². The summed E-state index contributed by atoms with van der Waals surface area (Å²) in [6, 6.07) is 18.6. The first-order chi connectivity index (χ1) is 14.2. The molecular formula is C23H24N4O2. The molecule has 1 heterocycles. The maximum Gasteiger partial charge on any atom is 0.256 e. The lowest BCUT2D eigenvalue weighted by Gasteiger charge is -2.22. The molecule has 1 fully saturated rings. The Morgan fingerprint density at radius 1 is 0.862 bits per heavy atom. The van der Waals surface area contributed by atoms with E-state index in [2.05, 4.69) is 15.7 Å². The highest BCUT2D eigenvalue weighted by atomic mass is 16.2. The normalized spacial score (nSPS) is 14.3. The molecule has 1 aliphatic carbocycles. The van der Waals surface area contributed by atoms with Crippen molar-refractivity contribution in [3.05, 3.63) is 78.0 Å². The van der Waals surface area contributed by atoms with E-state index < -0.39 is 0 Å². The molecule has 4 rings (SSSR count). The molecule has 0 atom stereocenters. The van der Waals surface area contributed by atoms with Crippen LogP contribution in [-0.4, -0.2) is 27.6 Å². The fraction of sp³-hybridized carbons (Fsp3) is 0.261. The first-order valence-corrected chi connectivity index (χ1v) is 10.0. The van der Waals surface area contributed by atoms with Gasteiger partial charge < -0.3 is 10.6 Å². The number of nitrogens with zero attached hydrogens (tertiary/aromatic N) is 2. The minimum Gasteiger partial charge on any atom is -0.349 e. The maximum atomic E-state index is 13.0. The van der Waals surface area contributed by atoms with Gasteiger partial charge in [0.25, 0.3) is 11.8 Å². The number of benzene rings is 2. The molecule has 1 aliphatic rings. The minimum atomic E-state index is -0.282. The van der Waals surface area contributed by atoms with E-state index >= 15 is 0 Å². The molecule has 2 aromatic carbocycles. The zero-order valence-electron chi connectivity index (χ0n) is 16.2. The molecule has 0 bridgehead atoms. The molecule has 29 heavy (non-hydrogen) atoms. The Labute approximate surface area is 169 Å². The van der Waals surface area contributed by atoms with Gasteiger partial charge in [0.2, 0.25) is 0 Å². The smallest absolute Gasteiger partial charge is 0.256 e. The molecule has 2 amide bonds. The van der Waals surface area contributed by atoms with Crippen molar-refractivity contribution in [3.8, 4) is 5.69 Å². The van der Waals surface area contributed by atoms with Crippen LogP contribution in [0.15, 0.2) is 66.9 Å². The van der Waals surface area contributed by atoms with Crippen molar-refractivity contribution in [3.63, 3.8) is 0 Å². The van der Waals surface area contributed by atoms with Crippen LogP contribution in [0.25, 0.3) is 5.69 Å². The Morgan fingerprint density at radius 2 is 1.52 bits per heavy atom. The predicted octanol–water partition coefficient (Wildman–Crippen LogP) is 4.19. The molecule has 0 aliphatic heterocycles. The van der Waals surface area contributed by atoms with E-state index in [4.69, 9.17) is 0 Å². The third kappa shape index (κ3) is 4.37. The van der Waals surface area contributed by atoms with Crippen molar-refractivity contribution >= 4 is 17.6 Å². The molecule has 1 saturated carbocycles. The third-order valence-electron chi connectivity index (χ3n) is 5.22. The van der Waals surface area contributed by atoms with Gasteiger partial charge in [-0.25, -0.2) is 4.68 Å². The number of amides is 2. The number of nitrogens with one attached hydrogen (secondary N) is 2. The quantitative estimate of drug-likeness (QED) is 0.688. The molecule has 0 saturated heterocycles. The van der Waals surface area contributed by atoms with Gasteiger partial charge in [-0.1, -0.05) is 55.7 Å². The van der Waals surface area contributed by atoms with E-state index in [1.54, 1.807) is 28.9 Å². The second-order valence-electron chi connectivity index (χ2n) is 7.28. The van der Waals surface area contributed by atoms with Gasteiger partial charge in [-0.2, -0.15) is 5.10 Å². The molecule has 2 N–H and O–H groups in total. The van der Waals surface area contributed by atoms with Crippen molar-refractivity contribution in [2.75, 3.05) is 5.32 Å². The van der Waals surface area contributed by atoms with E-state index in [1.807, 2.05) is 36.4 Å². The second kappa shape index (κ2) is 8.73. The molecule has 1 aromatic heterocycles. The van der Waals surface area contributed by atoms with E-state index in [-0.39, 0.29) is 17.9 Å². The lowest BCUT2D eigenvalue weighted by Crippen LogP contribution is -2.36. The summed E-state index contributed by atoms with van der Waals surface area (Å²) < 4.78 is 1.59. The average molecular weight is 388 g/mol. The maximum absolute atomic E-state index is 13.0. The Kier molecular flexibility index (Phi) is 5.70. The van der Waals surface area contributed by atoms with Gasteiger partial charge in [0.15, 0.2) is 0 Å². The predicted molar refractivity (Wildman–Crippen MR) is 112 cm³/mol. The summed E-state index contributed by atoms with van der Waals surface area (Å²) in [5.74, 6) is -0.115. The fourth-order valence-electron chi connectivity index (χ4n) is 3.68. The SMILES string of the molecule is O=C(Nc1c(C(=O)NC2CCCCC2)cnn1-c1ccccc1)c1ccccc1. The second-order valence-corrected chi connectivity index (χ2v) is 7.28. The first-order valence-electron chi connectivity index (χ1n) is 10.0. The van der Waals surface area contributed by atoms with Crippen LogP contribution in [0.4, 0.5) is 5.82 Å². The minimum absolute atomic E-state index is 0.175. The van der Waals surface area contributed by atoms with Crippen LogP contribution < -0.4 is 10.6 Å². The standard InChI is InChI=1S/C23H24N4O2/c28-22(17-10-4-1-5-11-17)26-21-20(23(29)25-18-12-6-2-7-13-18)16-24-27(21)19-14-8-3-9-15-19/h1,3-5,8-11,14-16,18H,2,6-7,12-13H2,(H,25,29)(H,26,28). The van der Waals surface area contributed by atoms with Crippen LogP contribution in [0, 0.1) is 0 Å². The van der Waals surface area contributed by atoms with Gasteiger partial charge in [0, 0.05) is 11.6 Å². The number of hydrogen-bond donors (Lipinski definition) is 2. The highest BCUT2D eigenvalue weighted by molar-refractivity contribution is 6.08. The van der Waals surface area contributed by atoms with Crippen molar-refractivity contribution < 1.29 is 9.59 Å². The zero-order chi connectivity index (χ0) is 20.1. The van der Waals surface area contributed by atoms with E-state index in [0.29, 0.717) is 16.9 Å². The monoisotopic (exact) mass is 388 g/mol. The van der Waals surface area contributed by atoms with E-state index in [9.17, 15) is 9.59 Å². The largest absolute Gasteiger partial charge is 0.349 e. The summed E-state index contributed by atoms with van der Waals surface area (Å²) >= 11 is 0. The van der Waals surface area contributed by atoms with Crippen LogP contribution in [0.2, 0.25) is 0 Å². The van der Waals surface area contributed by atoms with Crippen molar-refractivity contribution in [2.45, 2.75) is 38.1 Å². The number of carbonyl (C=O) groups excluding carboxylic acids is 2. The Hall–Kier alpha value is -3.41. The highest BCUT2D eigenvalue weighted by Gasteiger charge is 2.23. The molecule has 0 unspecified atom stereocenters. The van der Waals surface area contributed by atoms with Gasteiger partial charge in [0.05, 0.1) is 11.9 Å². The van der Waals surface area contributed by atoms with E-state index in [0.717, 1.165) is 31.4 Å². The van der Waals surface area contributed by atoms with Crippen LogP contribution in [0.1, 0.15) is 52.8 Å². The van der Waals surface area contributed by atoms with Crippen LogP contribution in [0.3, 0.4) is 0 Å². The zero-order valence-corrected chi connectivity index (χ0v) is 16.2. The number of hydrogen-bond acceptors (Lipinski definition) is 3. The lowest BCUT2D eigenvalue weighted by atomic mass is 9.95. The molecule has 6 nitrogen and oxygen atoms in total. The van der Waals surface area contributed by atoms with Gasteiger partial charge >= 0.3 is 0 Å². The molecule has 148 valence electrons. The molecule has 3 aromatic rings. The van der Waals surface area contributed by atoms with Crippen molar-refractivity contribution in [1.82, 2.24) is 15.1 Å². The van der Waals surface area contributed by atoms with Crippen LogP contribution >= 0.6 is 0 Å². The molecular weight excluding hydrogens is 364 g/mol. The van der Waals surface area contributed by atoms with E-state index in [1.165, 1.54) is 12.6 Å². The molecule has 6 heteroatoms. The summed E-state index contributed by atoms with van der Waals surface area (Å²) in [5, 5.41) is 10.4. The average Bonchev–Trinajstić information content (AvgIpc) is 3.19. The highest BCUT2D eigenvalue weighted by Crippen LogP contribution is 2.23. The topological polar surface area (TPSA) is 76.0 Å². The summed E-state index contributed by atoms with van der Waals surface area (Å²) in [5.41, 5.74) is 1.66. The number of carbonyl (C=O) groups is 2. The summed E-state index contributed by atoms with van der Waals surface area (Å²) in [6.07, 6.45) is 6.98. The number of aromatic nitrogens is 2. The summed E-state index contributed by atoms with van der Waals surface area (Å²) in [7, 11) is 0. The third-order valence-corrected chi connectivity index (χ3v) is 5.22. The number of anilines is 1. The summed E-state index contributed by atoms with van der Waals surface area (Å²) in [6.45, 7) is 0. The van der Waals surface area contributed by atoms with Crippen molar-refractivity contribution in [1.29, 1.82) is 0 Å². The number of para-hydroxylation sites is 1.